The summed E-state index contributed by atoms with van der Waals surface area (Å²) in [6.07, 6.45) is 7.10. The molecule has 2 fully saturated rings. The van der Waals surface area contributed by atoms with Crippen LogP contribution in [0.3, 0.4) is 0 Å². The van der Waals surface area contributed by atoms with E-state index in [1.165, 1.54) is 45.2 Å². The number of nitrogens with one attached hydrogen (secondary N) is 1. The standard InChI is InChI=1S/C13H27N3O2S/c1-19(17,18)16-11-5-13(6-12-16)14-7-4-10-15-8-2-3-9-15/h13-14H,2-12H2,1H3. The van der Waals surface area contributed by atoms with E-state index >= 15 is 0 Å². The molecule has 0 amide bonds. The van der Waals surface area contributed by atoms with Crippen LogP contribution < -0.4 is 5.32 Å². The summed E-state index contributed by atoms with van der Waals surface area (Å²) in [7, 11) is -2.99. The first-order valence-corrected chi connectivity index (χ1v) is 9.31. The fraction of sp³-hybridized carbons (Fsp3) is 1.00. The molecule has 0 aromatic carbocycles. The fourth-order valence-corrected chi connectivity index (χ4v) is 3.88. The number of rotatable bonds is 6. The third kappa shape index (κ3) is 5.02. The van der Waals surface area contributed by atoms with Crippen molar-refractivity contribution >= 4 is 10.0 Å². The van der Waals surface area contributed by atoms with Crippen molar-refractivity contribution in [2.75, 3.05) is 45.5 Å². The number of hydrogen-bond acceptors (Lipinski definition) is 4. The predicted molar refractivity (Wildman–Crippen MR) is 77.7 cm³/mol. The van der Waals surface area contributed by atoms with Crippen molar-refractivity contribution in [2.24, 2.45) is 0 Å². The topological polar surface area (TPSA) is 52.7 Å². The Morgan fingerprint density at radius 3 is 2.32 bits per heavy atom. The van der Waals surface area contributed by atoms with Crippen molar-refractivity contribution in [1.29, 1.82) is 0 Å². The zero-order chi connectivity index (χ0) is 13.7. The first-order chi connectivity index (χ1) is 9.05. The van der Waals surface area contributed by atoms with Gasteiger partial charge in [-0.15, -0.1) is 0 Å². The van der Waals surface area contributed by atoms with Crippen molar-refractivity contribution < 1.29 is 8.42 Å². The molecule has 0 spiro atoms. The molecule has 2 aliphatic rings. The Kier molecular flexibility index (Phi) is 5.62. The molecule has 2 aliphatic heterocycles. The zero-order valence-electron chi connectivity index (χ0n) is 12.0. The lowest BCUT2D eigenvalue weighted by Gasteiger charge is -2.30. The van der Waals surface area contributed by atoms with E-state index in [0.717, 1.165) is 19.4 Å². The van der Waals surface area contributed by atoms with Crippen LogP contribution in [-0.4, -0.2) is 69.2 Å². The molecule has 0 aliphatic carbocycles. The minimum Gasteiger partial charge on any atom is -0.314 e. The highest BCUT2D eigenvalue weighted by atomic mass is 32.2. The smallest absolute Gasteiger partial charge is 0.211 e. The van der Waals surface area contributed by atoms with Gasteiger partial charge >= 0.3 is 0 Å². The minimum atomic E-state index is -2.99. The Balaban J connectivity index is 1.55. The molecule has 0 aromatic rings. The second kappa shape index (κ2) is 7.02. The zero-order valence-corrected chi connectivity index (χ0v) is 12.8. The molecule has 5 nitrogen and oxygen atoms in total. The fourth-order valence-electron chi connectivity index (χ4n) is 3.01. The van der Waals surface area contributed by atoms with E-state index in [0.29, 0.717) is 19.1 Å². The molecule has 19 heavy (non-hydrogen) atoms. The monoisotopic (exact) mass is 289 g/mol. The van der Waals surface area contributed by atoms with Crippen molar-refractivity contribution in [3.8, 4) is 0 Å². The molecule has 1 N–H and O–H groups in total. The number of likely N-dealkylation sites (tertiary alicyclic amines) is 1. The quantitative estimate of drug-likeness (QED) is 0.723. The molecule has 0 atom stereocenters. The normalized spacial score (nSPS) is 24.1. The Hall–Kier alpha value is -0.170. The van der Waals surface area contributed by atoms with E-state index in [2.05, 4.69) is 10.2 Å². The van der Waals surface area contributed by atoms with Gasteiger partial charge in [-0.3, -0.25) is 0 Å². The van der Waals surface area contributed by atoms with E-state index in [9.17, 15) is 8.42 Å². The highest BCUT2D eigenvalue weighted by Gasteiger charge is 2.24. The molecule has 2 saturated heterocycles. The van der Waals surface area contributed by atoms with Crippen LogP contribution in [-0.2, 0) is 10.0 Å². The average molecular weight is 289 g/mol. The number of hydrogen-bond donors (Lipinski definition) is 1. The van der Waals surface area contributed by atoms with Crippen LogP contribution in [0.15, 0.2) is 0 Å². The highest BCUT2D eigenvalue weighted by Crippen LogP contribution is 2.13. The Morgan fingerprint density at radius 1 is 1.11 bits per heavy atom. The van der Waals surface area contributed by atoms with Crippen molar-refractivity contribution in [2.45, 2.75) is 38.1 Å². The summed E-state index contributed by atoms with van der Waals surface area (Å²) in [6, 6.07) is 0.497. The molecular formula is C13H27N3O2S. The SMILES string of the molecule is CS(=O)(=O)N1CCC(NCCCN2CCCC2)CC1. The van der Waals surface area contributed by atoms with Gasteiger partial charge in [-0.1, -0.05) is 0 Å². The van der Waals surface area contributed by atoms with Gasteiger partial charge in [0.15, 0.2) is 0 Å². The second-order valence-electron chi connectivity index (χ2n) is 5.79. The molecule has 0 bridgehead atoms. The molecular weight excluding hydrogens is 262 g/mol. The van der Waals surface area contributed by atoms with Crippen LogP contribution in [0.5, 0.6) is 0 Å². The average Bonchev–Trinajstić information content (AvgIpc) is 2.87. The van der Waals surface area contributed by atoms with Gasteiger partial charge in [-0.25, -0.2) is 12.7 Å². The first-order valence-electron chi connectivity index (χ1n) is 7.46. The molecule has 0 radical (unpaired) electrons. The van der Waals surface area contributed by atoms with Gasteiger partial charge in [-0.05, 0) is 58.3 Å². The Labute approximate surface area is 117 Å². The van der Waals surface area contributed by atoms with Crippen LogP contribution in [0.4, 0.5) is 0 Å². The van der Waals surface area contributed by atoms with Crippen molar-refractivity contribution in [1.82, 2.24) is 14.5 Å². The van der Waals surface area contributed by atoms with E-state index in [-0.39, 0.29) is 0 Å². The molecule has 6 heteroatoms. The molecule has 112 valence electrons. The minimum absolute atomic E-state index is 0.497. The Morgan fingerprint density at radius 2 is 1.74 bits per heavy atom. The third-order valence-electron chi connectivity index (χ3n) is 4.21. The predicted octanol–water partition coefficient (Wildman–Crippen LogP) is 0.486. The largest absolute Gasteiger partial charge is 0.314 e. The Bertz CT molecular complexity index is 358. The van der Waals surface area contributed by atoms with E-state index in [1.54, 1.807) is 4.31 Å². The molecule has 0 aromatic heterocycles. The summed E-state index contributed by atoms with van der Waals surface area (Å²) < 4.78 is 24.4. The van der Waals surface area contributed by atoms with Crippen LogP contribution >= 0.6 is 0 Å². The highest BCUT2D eigenvalue weighted by molar-refractivity contribution is 7.88. The van der Waals surface area contributed by atoms with Crippen LogP contribution in [0.25, 0.3) is 0 Å². The van der Waals surface area contributed by atoms with Crippen molar-refractivity contribution in [3.05, 3.63) is 0 Å². The maximum absolute atomic E-state index is 11.4. The van der Waals surface area contributed by atoms with E-state index in [1.807, 2.05) is 0 Å². The maximum atomic E-state index is 11.4. The number of piperidine rings is 1. The summed E-state index contributed by atoms with van der Waals surface area (Å²) in [5.74, 6) is 0. The van der Waals surface area contributed by atoms with Gasteiger partial charge in [0.05, 0.1) is 6.26 Å². The van der Waals surface area contributed by atoms with Crippen LogP contribution in [0.2, 0.25) is 0 Å². The lowest BCUT2D eigenvalue weighted by Crippen LogP contribution is -2.45. The molecule has 0 saturated carbocycles. The second-order valence-corrected chi connectivity index (χ2v) is 7.78. The summed E-state index contributed by atoms with van der Waals surface area (Å²) in [6.45, 7) is 6.14. The van der Waals surface area contributed by atoms with Gasteiger partial charge in [-0.2, -0.15) is 0 Å². The van der Waals surface area contributed by atoms with E-state index in [4.69, 9.17) is 0 Å². The molecule has 0 unspecified atom stereocenters. The third-order valence-corrected chi connectivity index (χ3v) is 5.51. The summed E-state index contributed by atoms with van der Waals surface area (Å²) in [5.41, 5.74) is 0. The summed E-state index contributed by atoms with van der Waals surface area (Å²) in [4.78, 5) is 2.54. The van der Waals surface area contributed by atoms with Gasteiger partial charge in [0.25, 0.3) is 0 Å². The van der Waals surface area contributed by atoms with Crippen LogP contribution in [0, 0.1) is 0 Å². The first kappa shape index (κ1) is 15.2. The van der Waals surface area contributed by atoms with Gasteiger partial charge in [0.2, 0.25) is 10.0 Å². The summed E-state index contributed by atoms with van der Waals surface area (Å²) in [5, 5.41) is 3.57. The van der Waals surface area contributed by atoms with Crippen LogP contribution in [0.1, 0.15) is 32.1 Å². The van der Waals surface area contributed by atoms with Gasteiger partial charge < -0.3 is 10.2 Å². The molecule has 2 rings (SSSR count). The lowest BCUT2D eigenvalue weighted by molar-refractivity contribution is 0.281. The maximum Gasteiger partial charge on any atom is 0.211 e. The summed E-state index contributed by atoms with van der Waals surface area (Å²) >= 11 is 0. The van der Waals surface area contributed by atoms with Gasteiger partial charge in [0, 0.05) is 19.1 Å². The lowest BCUT2D eigenvalue weighted by atomic mass is 10.1. The van der Waals surface area contributed by atoms with Crippen molar-refractivity contribution in [3.63, 3.8) is 0 Å². The van der Waals surface area contributed by atoms with Gasteiger partial charge in [0.1, 0.15) is 0 Å². The number of sulfonamides is 1. The van der Waals surface area contributed by atoms with E-state index < -0.39 is 10.0 Å². The molecule has 2 heterocycles. The number of nitrogens with zero attached hydrogens (tertiary/aromatic N) is 2.